The number of nitrogens with zero attached hydrogens (tertiary/aromatic N) is 1. The van der Waals surface area contributed by atoms with Crippen molar-refractivity contribution in [1.29, 1.82) is 0 Å². The van der Waals surface area contributed by atoms with E-state index in [0.717, 1.165) is 5.56 Å². The van der Waals surface area contributed by atoms with E-state index in [1.165, 1.54) is 0 Å². The highest BCUT2D eigenvalue weighted by Crippen LogP contribution is 2.28. The molecule has 22 heavy (non-hydrogen) atoms. The van der Waals surface area contributed by atoms with E-state index in [4.69, 9.17) is 19.9 Å². The predicted octanol–water partition coefficient (Wildman–Crippen LogP) is 2.15. The van der Waals surface area contributed by atoms with Crippen LogP contribution in [0.2, 0.25) is 0 Å². The maximum Gasteiger partial charge on any atom is 0.189 e. The van der Waals surface area contributed by atoms with Crippen molar-refractivity contribution in [1.82, 2.24) is 5.32 Å². The van der Waals surface area contributed by atoms with Crippen LogP contribution in [0.1, 0.15) is 19.4 Å². The van der Waals surface area contributed by atoms with Gasteiger partial charge in [0.2, 0.25) is 0 Å². The van der Waals surface area contributed by atoms with E-state index in [1.54, 1.807) is 14.2 Å². The molecular weight excluding hydrogens is 397 g/mol. The molecule has 1 aromatic rings. The van der Waals surface area contributed by atoms with Crippen LogP contribution in [0.25, 0.3) is 0 Å². The molecule has 1 unspecified atom stereocenters. The molecule has 0 bridgehead atoms. The van der Waals surface area contributed by atoms with Gasteiger partial charge in [-0.3, -0.25) is 0 Å². The average molecular weight is 423 g/mol. The molecule has 126 valence electrons. The van der Waals surface area contributed by atoms with Crippen molar-refractivity contribution in [2.45, 2.75) is 26.4 Å². The van der Waals surface area contributed by atoms with Gasteiger partial charge < -0.3 is 25.3 Å². The first-order valence-corrected chi connectivity index (χ1v) is 6.95. The summed E-state index contributed by atoms with van der Waals surface area (Å²) in [5, 5.41) is 3.06. The van der Waals surface area contributed by atoms with Crippen molar-refractivity contribution in [2.75, 3.05) is 27.4 Å². The lowest BCUT2D eigenvalue weighted by molar-refractivity contribution is 0.179. The smallest absolute Gasteiger partial charge is 0.189 e. The fourth-order valence-corrected chi connectivity index (χ4v) is 1.85. The lowest BCUT2D eigenvalue weighted by atomic mass is 10.2. The molecule has 0 aromatic heterocycles. The Morgan fingerprint density at radius 3 is 2.64 bits per heavy atom. The van der Waals surface area contributed by atoms with Gasteiger partial charge in [-0.15, -0.1) is 24.0 Å². The van der Waals surface area contributed by atoms with Crippen molar-refractivity contribution in [3.05, 3.63) is 23.8 Å². The van der Waals surface area contributed by atoms with Crippen LogP contribution in [-0.4, -0.2) is 39.4 Å². The van der Waals surface area contributed by atoms with Gasteiger partial charge in [0.05, 0.1) is 26.9 Å². The highest BCUT2D eigenvalue weighted by molar-refractivity contribution is 14.0. The summed E-state index contributed by atoms with van der Waals surface area (Å²) < 4.78 is 15.8. The number of rotatable bonds is 8. The Kier molecular flexibility index (Phi) is 10.7. The van der Waals surface area contributed by atoms with Crippen LogP contribution in [-0.2, 0) is 11.3 Å². The maximum absolute atomic E-state index is 5.83. The van der Waals surface area contributed by atoms with Gasteiger partial charge >= 0.3 is 0 Å². The number of nitrogens with one attached hydrogen (secondary N) is 1. The summed E-state index contributed by atoms with van der Waals surface area (Å²) in [6.45, 7) is 5.55. The molecule has 6 nitrogen and oxygen atoms in total. The first-order valence-electron chi connectivity index (χ1n) is 6.95. The number of benzene rings is 1. The Bertz CT molecular complexity index is 469. The van der Waals surface area contributed by atoms with Crippen LogP contribution < -0.4 is 20.5 Å². The minimum Gasteiger partial charge on any atom is -0.493 e. The van der Waals surface area contributed by atoms with Crippen molar-refractivity contribution in [3.8, 4) is 11.5 Å². The summed E-state index contributed by atoms with van der Waals surface area (Å²) >= 11 is 0. The number of nitrogens with two attached hydrogens (primary N) is 1. The zero-order chi connectivity index (χ0) is 15.7. The summed E-state index contributed by atoms with van der Waals surface area (Å²) in [4.78, 5) is 4.30. The lowest BCUT2D eigenvalue weighted by Gasteiger charge is -2.13. The number of hydrogen-bond acceptors (Lipinski definition) is 4. The maximum atomic E-state index is 5.83. The summed E-state index contributed by atoms with van der Waals surface area (Å²) in [5.41, 5.74) is 6.84. The first kappa shape index (κ1) is 20.8. The van der Waals surface area contributed by atoms with E-state index in [1.807, 2.05) is 32.0 Å². The molecule has 0 heterocycles. The van der Waals surface area contributed by atoms with Gasteiger partial charge in [0.15, 0.2) is 17.5 Å². The molecule has 0 aliphatic rings. The van der Waals surface area contributed by atoms with E-state index in [-0.39, 0.29) is 30.0 Å². The highest BCUT2D eigenvalue weighted by Gasteiger charge is 2.06. The molecule has 0 aliphatic heterocycles. The summed E-state index contributed by atoms with van der Waals surface area (Å²) in [6, 6.07) is 5.84. The van der Waals surface area contributed by atoms with Gasteiger partial charge in [-0.1, -0.05) is 6.07 Å². The lowest BCUT2D eigenvalue weighted by Crippen LogP contribution is -2.40. The van der Waals surface area contributed by atoms with Crippen molar-refractivity contribution in [2.24, 2.45) is 10.7 Å². The zero-order valence-corrected chi connectivity index (χ0v) is 15.9. The Morgan fingerprint density at radius 2 is 2.05 bits per heavy atom. The molecule has 1 aromatic carbocycles. The molecule has 0 fully saturated rings. The Labute approximate surface area is 149 Å². The largest absolute Gasteiger partial charge is 0.493 e. The van der Waals surface area contributed by atoms with Crippen LogP contribution in [0, 0.1) is 0 Å². The van der Waals surface area contributed by atoms with Gasteiger partial charge in [0.25, 0.3) is 0 Å². The second-order valence-electron chi connectivity index (χ2n) is 4.62. The quantitative estimate of drug-likeness (QED) is 0.381. The summed E-state index contributed by atoms with van der Waals surface area (Å²) in [7, 11) is 3.27. The van der Waals surface area contributed by atoms with Crippen LogP contribution in [0.5, 0.6) is 11.5 Å². The molecule has 0 aliphatic carbocycles. The average Bonchev–Trinajstić information content (AvgIpc) is 2.46. The molecule has 0 radical (unpaired) electrons. The Hall–Kier alpha value is -1.22. The van der Waals surface area contributed by atoms with E-state index in [2.05, 4.69) is 10.3 Å². The van der Waals surface area contributed by atoms with E-state index in [9.17, 15) is 0 Å². The Morgan fingerprint density at radius 1 is 1.32 bits per heavy atom. The summed E-state index contributed by atoms with van der Waals surface area (Å²) in [6.07, 6.45) is 0. The van der Waals surface area contributed by atoms with Crippen LogP contribution >= 0.6 is 24.0 Å². The number of hydrogen-bond donors (Lipinski definition) is 2. The zero-order valence-electron chi connectivity index (χ0n) is 13.6. The predicted molar refractivity (Wildman–Crippen MR) is 99.4 cm³/mol. The third-order valence-electron chi connectivity index (χ3n) is 2.77. The topological polar surface area (TPSA) is 78.1 Å². The fourth-order valence-electron chi connectivity index (χ4n) is 1.85. The second kappa shape index (κ2) is 11.4. The van der Waals surface area contributed by atoms with Gasteiger partial charge in [-0.25, -0.2) is 4.99 Å². The molecule has 0 amide bonds. The number of aliphatic imine (C=N–C) groups is 1. The van der Waals surface area contributed by atoms with E-state index < -0.39 is 0 Å². The van der Waals surface area contributed by atoms with Crippen molar-refractivity contribution >= 4 is 29.9 Å². The van der Waals surface area contributed by atoms with Gasteiger partial charge in [-0.05, 0) is 31.5 Å². The van der Waals surface area contributed by atoms with Gasteiger partial charge in [0.1, 0.15) is 0 Å². The number of methoxy groups -OCH3 is 2. The van der Waals surface area contributed by atoms with Crippen molar-refractivity contribution < 1.29 is 14.2 Å². The first-order chi connectivity index (χ1) is 10.1. The minimum absolute atomic E-state index is 0. The third kappa shape index (κ3) is 7.17. The molecule has 1 rings (SSSR count). The number of ether oxygens (including phenoxy) is 3. The normalized spacial score (nSPS) is 12.3. The van der Waals surface area contributed by atoms with Crippen molar-refractivity contribution in [3.63, 3.8) is 0 Å². The molecule has 7 heteroatoms. The van der Waals surface area contributed by atoms with Crippen LogP contribution in [0.15, 0.2) is 23.2 Å². The SMILES string of the molecule is CCOc1cc(CN=C(N)NC(C)COC)ccc1OC.I. The molecule has 1 atom stereocenters. The molecular formula is C15H26IN3O3. The fraction of sp³-hybridized carbons (Fsp3) is 0.533. The highest BCUT2D eigenvalue weighted by atomic mass is 127. The molecule has 3 N–H and O–H groups in total. The second-order valence-corrected chi connectivity index (χ2v) is 4.62. The molecule has 0 saturated heterocycles. The van der Waals surface area contributed by atoms with Gasteiger partial charge in [0, 0.05) is 13.2 Å². The molecule has 0 spiro atoms. The third-order valence-corrected chi connectivity index (χ3v) is 2.77. The summed E-state index contributed by atoms with van der Waals surface area (Å²) in [5.74, 6) is 1.82. The minimum atomic E-state index is 0. The van der Waals surface area contributed by atoms with Crippen LogP contribution in [0.4, 0.5) is 0 Å². The monoisotopic (exact) mass is 423 g/mol. The van der Waals surface area contributed by atoms with E-state index in [0.29, 0.717) is 37.2 Å². The number of halogens is 1. The number of guanidine groups is 1. The van der Waals surface area contributed by atoms with Crippen LogP contribution in [0.3, 0.4) is 0 Å². The Balaban J connectivity index is 0.00000441. The van der Waals surface area contributed by atoms with E-state index >= 15 is 0 Å². The molecule has 0 saturated carbocycles. The standard InChI is InChI=1S/C15H25N3O3.HI/c1-5-21-14-8-12(6-7-13(14)20-4)9-17-15(16)18-11(2)10-19-3;/h6-8,11H,5,9-10H2,1-4H3,(H3,16,17,18);1H. The van der Waals surface area contributed by atoms with Gasteiger partial charge in [-0.2, -0.15) is 0 Å².